The second kappa shape index (κ2) is 9.90. The van der Waals surface area contributed by atoms with Gasteiger partial charge in [-0.2, -0.15) is 0 Å². The number of rotatable bonds is 8. The van der Waals surface area contributed by atoms with Gasteiger partial charge in [-0.05, 0) is 61.2 Å². The second-order valence-electron chi connectivity index (χ2n) is 7.57. The number of fused-ring (bicyclic) bond motifs is 1. The predicted octanol–water partition coefficient (Wildman–Crippen LogP) is 5.65. The summed E-state index contributed by atoms with van der Waals surface area (Å²) in [5.74, 6) is 1.36. The SMILES string of the molecule is COCCCn1c(SCc2cc(=O)oc3c(C)c(C)ccc23)nnc1-c1ccc(Cl)cc1. The third kappa shape index (κ3) is 4.75. The number of aryl methyl sites for hydroxylation is 2. The first-order chi connectivity index (χ1) is 15.5. The monoisotopic (exact) mass is 469 g/mol. The highest BCUT2D eigenvalue weighted by Gasteiger charge is 2.16. The van der Waals surface area contributed by atoms with Crippen molar-refractivity contribution in [3.05, 3.63) is 74.6 Å². The molecule has 0 saturated carbocycles. The van der Waals surface area contributed by atoms with Crippen LogP contribution in [0.1, 0.15) is 23.1 Å². The first-order valence-corrected chi connectivity index (χ1v) is 11.7. The van der Waals surface area contributed by atoms with Gasteiger partial charge in [-0.3, -0.25) is 0 Å². The summed E-state index contributed by atoms with van der Waals surface area (Å²) >= 11 is 7.60. The zero-order chi connectivity index (χ0) is 22.7. The van der Waals surface area contributed by atoms with Gasteiger partial charge in [0.1, 0.15) is 5.58 Å². The molecule has 32 heavy (non-hydrogen) atoms. The van der Waals surface area contributed by atoms with Crippen molar-refractivity contribution in [1.29, 1.82) is 0 Å². The van der Waals surface area contributed by atoms with Crippen molar-refractivity contribution >= 4 is 34.3 Å². The van der Waals surface area contributed by atoms with E-state index in [1.165, 1.54) is 0 Å². The molecule has 0 aliphatic rings. The Morgan fingerprint density at radius 3 is 2.66 bits per heavy atom. The Balaban J connectivity index is 1.67. The summed E-state index contributed by atoms with van der Waals surface area (Å²) in [6.07, 6.45) is 0.832. The van der Waals surface area contributed by atoms with Crippen molar-refractivity contribution in [2.45, 2.75) is 37.7 Å². The largest absolute Gasteiger partial charge is 0.422 e. The molecule has 0 radical (unpaired) electrons. The van der Waals surface area contributed by atoms with Crippen LogP contribution in [-0.4, -0.2) is 28.5 Å². The minimum Gasteiger partial charge on any atom is -0.422 e. The molecule has 0 aliphatic heterocycles. The van der Waals surface area contributed by atoms with E-state index in [1.807, 2.05) is 44.2 Å². The van der Waals surface area contributed by atoms with Crippen LogP contribution in [0.3, 0.4) is 0 Å². The molecule has 166 valence electrons. The van der Waals surface area contributed by atoms with E-state index in [9.17, 15) is 4.79 Å². The lowest BCUT2D eigenvalue weighted by Gasteiger charge is -2.11. The van der Waals surface area contributed by atoms with Crippen LogP contribution in [0.5, 0.6) is 0 Å². The summed E-state index contributed by atoms with van der Waals surface area (Å²) in [5, 5.41) is 11.3. The average molecular weight is 470 g/mol. The highest BCUT2D eigenvalue weighted by molar-refractivity contribution is 7.98. The Hall–Kier alpha value is -2.61. The summed E-state index contributed by atoms with van der Waals surface area (Å²) < 4.78 is 12.8. The lowest BCUT2D eigenvalue weighted by molar-refractivity contribution is 0.189. The van der Waals surface area contributed by atoms with E-state index in [2.05, 4.69) is 20.8 Å². The van der Waals surface area contributed by atoms with Crippen LogP contribution >= 0.6 is 23.4 Å². The number of nitrogens with zero attached hydrogens (tertiary/aromatic N) is 3. The molecule has 2 heterocycles. The quantitative estimate of drug-likeness (QED) is 0.188. The molecule has 0 spiro atoms. The molecule has 2 aromatic heterocycles. The average Bonchev–Trinajstić information content (AvgIpc) is 3.18. The maximum atomic E-state index is 12.2. The van der Waals surface area contributed by atoms with Crippen LogP contribution in [0.25, 0.3) is 22.4 Å². The van der Waals surface area contributed by atoms with E-state index in [-0.39, 0.29) is 5.63 Å². The van der Waals surface area contributed by atoms with Crippen LogP contribution in [-0.2, 0) is 17.0 Å². The second-order valence-corrected chi connectivity index (χ2v) is 8.95. The lowest BCUT2D eigenvalue weighted by Crippen LogP contribution is -2.06. The summed E-state index contributed by atoms with van der Waals surface area (Å²) in [6.45, 7) is 5.35. The fourth-order valence-electron chi connectivity index (χ4n) is 3.56. The standard InChI is InChI=1S/C24H24ClN3O3S/c1-15-5-10-20-18(13-21(29)31-22(20)16(15)2)14-32-24-27-26-23(28(24)11-4-12-30-3)17-6-8-19(25)9-7-17/h5-10,13H,4,11-12,14H2,1-3H3. The Morgan fingerprint density at radius 1 is 1.12 bits per heavy atom. The molecule has 0 aliphatic carbocycles. The predicted molar refractivity (Wildman–Crippen MR) is 128 cm³/mol. The molecule has 6 nitrogen and oxygen atoms in total. The summed E-state index contributed by atoms with van der Waals surface area (Å²) in [7, 11) is 1.69. The summed E-state index contributed by atoms with van der Waals surface area (Å²) in [5.41, 5.74) is 4.25. The van der Waals surface area contributed by atoms with Gasteiger partial charge in [0.25, 0.3) is 0 Å². The molecule has 0 saturated heterocycles. The molecule has 8 heteroatoms. The van der Waals surface area contributed by atoms with E-state index < -0.39 is 0 Å². The summed E-state index contributed by atoms with van der Waals surface area (Å²) in [6, 6.07) is 13.2. The summed E-state index contributed by atoms with van der Waals surface area (Å²) in [4.78, 5) is 12.2. The number of methoxy groups -OCH3 is 1. The number of halogens is 1. The van der Waals surface area contributed by atoms with E-state index in [4.69, 9.17) is 20.8 Å². The topological polar surface area (TPSA) is 70.2 Å². The fourth-order valence-corrected chi connectivity index (χ4v) is 4.64. The molecule has 4 rings (SSSR count). The van der Waals surface area contributed by atoms with Crippen molar-refractivity contribution in [3.8, 4) is 11.4 Å². The van der Waals surface area contributed by atoms with E-state index in [0.29, 0.717) is 23.0 Å². The van der Waals surface area contributed by atoms with Gasteiger partial charge in [-0.25, -0.2) is 4.79 Å². The zero-order valence-corrected chi connectivity index (χ0v) is 19.8. The molecular weight excluding hydrogens is 446 g/mol. The lowest BCUT2D eigenvalue weighted by atomic mass is 10.0. The minimum absolute atomic E-state index is 0.342. The maximum absolute atomic E-state index is 12.2. The smallest absolute Gasteiger partial charge is 0.336 e. The van der Waals surface area contributed by atoms with Crippen molar-refractivity contribution in [3.63, 3.8) is 0 Å². The van der Waals surface area contributed by atoms with Crippen LogP contribution in [0.4, 0.5) is 0 Å². The van der Waals surface area contributed by atoms with Crippen LogP contribution in [0, 0.1) is 13.8 Å². The number of thioether (sulfide) groups is 1. The molecule has 4 aromatic rings. The van der Waals surface area contributed by atoms with Crippen LogP contribution in [0.15, 0.2) is 56.8 Å². The first-order valence-electron chi connectivity index (χ1n) is 10.3. The number of hydrogen-bond donors (Lipinski definition) is 0. The Morgan fingerprint density at radius 2 is 1.91 bits per heavy atom. The number of aromatic nitrogens is 3. The number of hydrogen-bond acceptors (Lipinski definition) is 6. The van der Waals surface area contributed by atoms with Gasteiger partial charge < -0.3 is 13.7 Å². The minimum atomic E-state index is -0.342. The van der Waals surface area contributed by atoms with Crippen LogP contribution < -0.4 is 5.63 Å². The van der Waals surface area contributed by atoms with Gasteiger partial charge in [0.2, 0.25) is 0 Å². The van der Waals surface area contributed by atoms with E-state index in [0.717, 1.165) is 51.6 Å². The number of benzene rings is 2. The Bertz CT molecular complexity index is 1300. The molecule has 0 atom stereocenters. The van der Waals surface area contributed by atoms with Gasteiger partial charge in [0.05, 0.1) is 0 Å². The molecule has 0 fully saturated rings. The van der Waals surface area contributed by atoms with Crippen molar-refractivity contribution in [2.24, 2.45) is 0 Å². The molecule has 2 aromatic carbocycles. The third-order valence-electron chi connectivity index (χ3n) is 5.42. The van der Waals surface area contributed by atoms with Crippen molar-refractivity contribution in [2.75, 3.05) is 13.7 Å². The van der Waals surface area contributed by atoms with E-state index in [1.54, 1.807) is 24.9 Å². The van der Waals surface area contributed by atoms with Gasteiger partial charge in [-0.15, -0.1) is 10.2 Å². The number of ether oxygens (including phenoxy) is 1. The molecule has 0 N–H and O–H groups in total. The molecule has 0 bridgehead atoms. The normalized spacial score (nSPS) is 11.4. The highest BCUT2D eigenvalue weighted by Crippen LogP contribution is 2.30. The third-order valence-corrected chi connectivity index (χ3v) is 6.69. The van der Waals surface area contributed by atoms with Crippen LogP contribution in [0.2, 0.25) is 5.02 Å². The van der Waals surface area contributed by atoms with Gasteiger partial charge in [0, 0.05) is 48.1 Å². The Labute approximate surface area is 195 Å². The zero-order valence-electron chi connectivity index (χ0n) is 18.2. The Kier molecular flexibility index (Phi) is 6.98. The molecular formula is C24H24ClN3O3S. The highest BCUT2D eigenvalue weighted by atomic mass is 35.5. The maximum Gasteiger partial charge on any atom is 0.336 e. The first kappa shape index (κ1) is 22.6. The van der Waals surface area contributed by atoms with Gasteiger partial charge >= 0.3 is 5.63 Å². The molecule has 0 unspecified atom stereocenters. The van der Waals surface area contributed by atoms with Gasteiger partial charge in [0.15, 0.2) is 11.0 Å². The van der Waals surface area contributed by atoms with E-state index >= 15 is 0 Å². The van der Waals surface area contributed by atoms with Crippen molar-refractivity contribution in [1.82, 2.24) is 14.8 Å². The fraction of sp³-hybridized carbons (Fsp3) is 0.292. The molecule has 0 amide bonds. The van der Waals surface area contributed by atoms with Crippen molar-refractivity contribution < 1.29 is 9.15 Å². The van der Waals surface area contributed by atoms with Gasteiger partial charge in [-0.1, -0.05) is 35.5 Å².